The van der Waals surface area contributed by atoms with Crippen molar-refractivity contribution >= 4 is 5.97 Å². The molecule has 0 atom stereocenters. The van der Waals surface area contributed by atoms with Crippen LogP contribution in [-0.2, 0) is 9.53 Å². The molecule has 2 rings (SSSR count). The Morgan fingerprint density at radius 1 is 1.00 bits per heavy atom. The van der Waals surface area contributed by atoms with Crippen LogP contribution in [0.2, 0.25) is 0 Å². The summed E-state index contributed by atoms with van der Waals surface area (Å²) in [7, 11) is 0. The number of carbonyl (C=O) groups excluding carboxylic acids is 1. The van der Waals surface area contributed by atoms with Crippen molar-refractivity contribution in [2.45, 2.75) is 19.4 Å². The van der Waals surface area contributed by atoms with E-state index in [1.165, 1.54) is 11.1 Å². The number of carbonyl (C=O) groups is 1. The molecule has 0 aliphatic rings. The number of rotatable bonds is 7. The molecule has 1 N–H and O–H groups in total. The maximum absolute atomic E-state index is 11.4. The van der Waals surface area contributed by atoms with E-state index in [4.69, 9.17) is 4.74 Å². The minimum atomic E-state index is -0.162. The van der Waals surface area contributed by atoms with E-state index in [2.05, 4.69) is 29.6 Å². The lowest BCUT2D eigenvalue weighted by molar-refractivity contribution is -0.142. The first-order valence-electron chi connectivity index (χ1n) is 7.30. The van der Waals surface area contributed by atoms with E-state index in [0.717, 1.165) is 0 Å². The lowest BCUT2D eigenvalue weighted by Crippen LogP contribution is -2.25. The highest BCUT2D eigenvalue weighted by Crippen LogP contribution is 2.21. The molecule has 2 aromatic carbocycles. The molecule has 21 heavy (non-hydrogen) atoms. The summed E-state index contributed by atoms with van der Waals surface area (Å²) in [6, 6.07) is 20.6. The molecule has 0 saturated heterocycles. The van der Waals surface area contributed by atoms with Crippen molar-refractivity contribution in [2.75, 3.05) is 13.2 Å². The Morgan fingerprint density at radius 2 is 1.52 bits per heavy atom. The van der Waals surface area contributed by atoms with Gasteiger partial charge < -0.3 is 10.1 Å². The number of esters is 1. The second-order valence-electron chi connectivity index (χ2n) is 4.76. The first-order chi connectivity index (χ1) is 10.3. The van der Waals surface area contributed by atoms with Crippen LogP contribution in [0.4, 0.5) is 0 Å². The summed E-state index contributed by atoms with van der Waals surface area (Å²) < 4.78 is 4.96. The van der Waals surface area contributed by atoms with Crippen LogP contribution in [0.5, 0.6) is 0 Å². The van der Waals surface area contributed by atoms with Gasteiger partial charge in [0.05, 0.1) is 19.1 Å². The van der Waals surface area contributed by atoms with E-state index < -0.39 is 0 Å². The number of benzene rings is 2. The van der Waals surface area contributed by atoms with Gasteiger partial charge in [0, 0.05) is 6.54 Å². The summed E-state index contributed by atoms with van der Waals surface area (Å²) in [5, 5.41) is 3.44. The molecule has 0 bridgehead atoms. The fourth-order valence-corrected chi connectivity index (χ4v) is 2.27. The number of ether oxygens (including phenoxy) is 1. The fraction of sp³-hybridized carbons (Fsp3) is 0.278. The van der Waals surface area contributed by atoms with Crippen LogP contribution >= 0.6 is 0 Å². The summed E-state index contributed by atoms with van der Waals surface area (Å²) in [5.41, 5.74) is 2.38. The maximum atomic E-state index is 11.4. The summed E-state index contributed by atoms with van der Waals surface area (Å²) >= 11 is 0. The van der Waals surface area contributed by atoms with Gasteiger partial charge >= 0.3 is 5.97 Å². The zero-order valence-electron chi connectivity index (χ0n) is 12.3. The second-order valence-corrected chi connectivity index (χ2v) is 4.76. The molecule has 3 heteroatoms. The molecule has 0 aliphatic heterocycles. The Kier molecular flexibility index (Phi) is 5.98. The SMILES string of the molecule is CCOC(=O)CCNC(c1ccccc1)c1ccccc1. The molecule has 3 nitrogen and oxygen atoms in total. The topological polar surface area (TPSA) is 38.3 Å². The van der Waals surface area contributed by atoms with Crippen LogP contribution in [0.3, 0.4) is 0 Å². The number of hydrogen-bond donors (Lipinski definition) is 1. The summed E-state index contributed by atoms with van der Waals surface area (Å²) in [6.07, 6.45) is 0.379. The monoisotopic (exact) mass is 283 g/mol. The highest BCUT2D eigenvalue weighted by atomic mass is 16.5. The van der Waals surface area contributed by atoms with Gasteiger partial charge in [-0.15, -0.1) is 0 Å². The predicted octanol–water partition coefficient (Wildman–Crippen LogP) is 3.32. The standard InChI is InChI=1S/C18H21NO2/c1-2-21-17(20)13-14-19-18(15-9-5-3-6-10-15)16-11-7-4-8-12-16/h3-12,18-19H,2,13-14H2,1H3. The van der Waals surface area contributed by atoms with Gasteiger partial charge in [0.15, 0.2) is 0 Å². The van der Waals surface area contributed by atoms with Crippen LogP contribution in [0.25, 0.3) is 0 Å². The molecule has 0 unspecified atom stereocenters. The van der Waals surface area contributed by atoms with Gasteiger partial charge in [-0.05, 0) is 18.1 Å². The Morgan fingerprint density at radius 3 is 2.00 bits per heavy atom. The average Bonchev–Trinajstić information content (AvgIpc) is 2.53. The van der Waals surface area contributed by atoms with Crippen molar-refractivity contribution in [3.63, 3.8) is 0 Å². The third-order valence-corrected chi connectivity index (χ3v) is 3.25. The van der Waals surface area contributed by atoms with E-state index in [-0.39, 0.29) is 12.0 Å². The van der Waals surface area contributed by atoms with E-state index in [1.54, 1.807) is 0 Å². The largest absolute Gasteiger partial charge is 0.466 e. The van der Waals surface area contributed by atoms with E-state index in [0.29, 0.717) is 19.6 Å². The lowest BCUT2D eigenvalue weighted by atomic mass is 9.99. The zero-order valence-corrected chi connectivity index (χ0v) is 12.3. The van der Waals surface area contributed by atoms with Crippen LogP contribution < -0.4 is 5.32 Å². The molecule has 0 aliphatic carbocycles. The third-order valence-electron chi connectivity index (χ3n) is 3.25. The Hall–Kier alpha value is -2.13. The number of hydrogen-bond acceptors (Lipinski definition) is 3. The highest BCUT2D eigenvalue weighted by Gasteiger charge is 2.13. The first-order valence-corrected chi connectivity index (χ1v) is 7.30. The fourth-order valence-electron chi connectivity index (χ4n) is 2.27. The maximum Gasteiger partial charge on any atom is 0.307 e. The number of nitrogens with one attached hydrogen (secondary N) is 1. The molecule has 110 valence electrons. The molecule has 0 amide bonds. The van der Waals surface area contributed by atoms with Gasteiger partial charge in [-0.3, -0.25) is 4.79 Å². The van der Waals surface area contributed by atoms with E-state index >= 15 is 0 Å². The van der Waals surface area contributed by atoms with Crippen molar-refractivity contribution in [3.8, 4) is 0 Å². The molecule has 0 radical (unpaired) electrons. The minimum Gasteiger partial charge on any atom is -0.466 e. The molecule has 0 spiro atoms. The molecule has 0 aromatic heterocycles. The van der Waals surface area contributed by atoms with Crippen molar-refractivity contribution in [2.24, 2.45) is 0 Å². The average molecular weight is 283 g/mol. The smallest absolute Gasteiger partial charge is 0.307 e. The van der Waals surface area contributed by atoms with Gasteiger partial charge in [-0.2, -0.15) is 0 Å². The molecule has 0 heterocycles. The molecular formula is C18H21NO2. The van der Waals surface area contributed by atoms with Crippen LogP contribution in [0.1, 0.15) is 30.5 Å². The molecule has 0 saturated carbocycles. The van der Waals surface area contributed by atoms with Crippen LogP contribution in [0.15, 0.2) is 60.7 Å². The summed E-state index contributed by atoms with van der Waals surface area (Å²) in [4.78, 5) is 11.4. The van der Waals surface area contributed by atoms with Gasteiger partial charge in [-0.25, -0.2) is 0 Å². The minimum absolute atomic E-state index is 0.0850. The Bertz CT molecular complexity index is 500. The zero-order chi connectivity index (χ0) is 14.9. The highest BCUT2D eigenvalue weighted by molar-refractivity contribution is 5.69. The summed E-state index contributed by atoms with van der Waals surface area (Å²) in [6.45, 7) is 2.84. The summed E-state index contributed by atoms with van der Waals surface area (Å²) in [5.74, 6) is -0.162. The van der Waals surface area contributed by atoms with Gasteiger partial charge in [-0.1, -0.05) is 60.7 Å². The Labute approximate surface area is 126 Å². The van der Waals surface area contributed by atoms with Gasteiger partial charge in [0.2, 0.25) is 0 Å². The molecule has 2 aromatic rings. The third kappa shape index (κ3) is 4.72. The van der Waals surface area contributed by atoms with Crippen molar-refractivity contribution in [1.29, 1.82) is 0 Å². The normalized spacial score (nSPS) is 10.6. The Balaban J connectivity index is 2.05. The van der Waals surface area contributed by atoms with Crippen LogP contribution in [0, 0.1) is 0 Å². The van der Waals surface area contributed by atoms with Crippen molar-refractivity contribution in [1.82, 2.24) is 5.32 Å². The van der Waals surface area contributed by atoms with Crippen molar-refractivity contribution < 1.29 is 9.53 Å². The predicted molar refractivity (Wildman–Crippen MR) is 84.0 cm³/mol. The second kappa shape index (κ2) is 8.22. The lowest BCUT2D eigenvalue weighted by Gasteiger charge is -2.19. The van der Waals surface area contributed by atoms with Gasteiger partial charge in [0.25, 0.3) is 0 Å². The van der Waals surface area contributed by atoms with E-state index in [1.807, 2.05) is 43.3 Å². The quantitative estimate of drug-likeness (QED) is 0.792. The first kappa shape index (κ1) is 15.3. The van der Waals surface area contributed by atoms with Crippen molar-refractivity contribution in [3.05, 3.63) is 71.8 Å². The van der Waals surface area contributed by atoms with E-state index in [9.17, 15) is 4.79 Å². The van der Waals surface area contributed by atoms with Gasteiger partial charge in [0.1, 0.15) is 0 Å². The van der Waals surface area contributed by atoms with Crippen LogP contribution in [-0.4, -0.2) is 19.1 Å². The molecule has 0 fully saturated rings. The molecular weight excluding hydrogens is 262 g/mol.